The van der Waals surface area contributed by atoms with Crippen molar-refractivity contribution in [3.05, 3.63) is 55.6 Å². The fourth-order valence-electron chi connectivity index (χ4n) is 2.64. The summed E-state index contributed by atoms with van der Waals surface area (Å²) in [6, 6.07) is 6.31. The van der Waals surface area contributed by atoms with Crippen molar-refractivity contribution in [1.82, 2.24) is 15.2 Å². The van der Waals surface area contributed by atoms with Gasteiger partial charge in [-0.25, -0.2) is 0 Å². The first-order chi connectivity index (χ1) is 10.6. The highest BCUT2D eigenvalue weighted by Gasteiger charge is 2.11. The zero-order valence-corrected chi connectivity index (χ0v) is 14.6. The molecule has 23 heavy (non-hydrogen) atoms. The molecule has 3 rings (SSSR count). The number of amides is 1. The third-order valence-corrected chi connectivity index (χ3v) is 4.81. The second-order valence-corrected chi connectivity index (χ2v) is 6.35. The Morgan fingerprint density at radius 3 is 2.87 bits per heavy atom. The van der Waals surface area contributed by atoms with E-state index in [0.717, 1.165) is 24.3 Å². The van der Waals surface area contributed by atoms with Gasteiger partial charge in [-0.2, -0.15) is 0 Å². The summed E-state index contributed by atoms with van der Waals surface area (Å²) in [5.74, 6) is -0.0314. The molecule has 1 aromatic heterocycles. The van der Waals surface area contributed by atoms with Gasteiger partial charge >= 0.3 is 4.87 Å². The van der Waals surface area contributed by atoms with Crippen LogP contribution in [-0.2, 0) is 31.0 Å². The number of hydrogen-bond donors (Lipinski definition) is 2. The number of fused-ring (bicyclic) bond motifs is 1. The zero-order chi connectivity index (χ0) is 15.5. The molecule has 1 aromatic carbocycles. The molecule has 7 heteroatoms. The Balaban J connectivity index is 0.00000192. The predicted molar refractivity (Wildman–Crippen MR) is 94.0 cm³/mol. The topological polar surface area (TPSA) is 63.1 Å². The van der Waals surface area contributed by atoms with Crippen molar-refractivity contribution in [3.63, 3.8) is 0 Å². The summed E-state index contributed by atoms with van der Waals surface area (Å²) in [5.41, 5.74) is 4.67. The van der Waals surface area contributed by atoms with E-state index in [1.807, 2.05) is 12.3 Å². The molecule has 1 aliphatic heterocycles. The summed E-state index contributed by atoms with van der Waals surface area (Å²) in [6.45, 7) is 4.68. The van der Waals surface area contributed by atoms with Crippen LogP contribution in [-0.4, -0.2) is 10.5 Å². The molecule has 2 N–H and O–H groups in total. The van der Waals surface area contributed by atoms with E-state index in [2.05, 4.69) is 28.8 Å². The number of carbonyl (C=O) groups is 1. The van der Waals surface area contributed by atoms with E-state index in [4.69, 9.17) is 0 Å². The average molecular weight is 354 g/mol. The third-order valence-electron chi connectivity index (χ3n) is 3.93. The monoisotopic (exact) mass is 353 g/mol. The molecular formula is C16H20ClN3O2S. The minimum Gasteiger partial charge on any atom is -0.352 e. The molecule has 1 aliphatic rings. The van der Waals surface area contributed by atoms with Crippen LogP contribution in [0.15, 0.2) is 28.4 Å². The summed E-state index contributed by atoms with van der Waals surface area (Å²) in [4.78, 5) is 23.5. The van der Waals surface area contributed by atoms with E-state index in [9.17, 15) is 9.59 Å². The van der Waals surface area contributed by atoms with Gasteiger partial charge in [0.1, 0.15) is 0 Å². The van der Waals surface area contributed by atoms with Crippen molar-refractivity contribution >= 4 is 29.7 Å². The number of aromatic nitrogens is 1. The summed E-state index contributed by atoms with van der Waals surface area (Å²) >= 11 is 1.17. The van der Waals surface area contributed by atoms with Crippen LogP contribution in [0.2, 0.25) is 0 Å². The van der Waals surface area contributed by atoms with Gasteiger partial charge in [0.2, 0.25) is 5.91 Å². The van der Waals surface area contributed by atoms with Gasteiger partial charge in [-0.3, -0.25) is 9.59 Å². The minimum atomic E-state index is -0.0314. The lowest BCUT2D eigenvalue weighted by Gasteiger charge is -2.08. The van der Waals surface area contributed by atoms with Gasteiger partial charge in [0, 0.05) is 43.7 Å². The molecule has 0 radical (unpaired) electrons. The molecule has 0 fully saturated rings. The van der Waals surface area contributed by atoms with Crippen LogP contribution >= 0.6 is 23.7 Å². The van der Waals surface area contributed by atoms with Crippen molar-refractivity contribution in [1.29, 1.82) is 0 Å². The van der Waals surface area contributed by atoms with Gasteiger partial charge in [-0.05, 0) is 23.6 Å². The van der Waals surface area contributed by atoms with Crippen LogP contribution in [0.4, 0.5) is 0 Å². The van der Waals surface area contributed by atoms with Gasteiger partial charge < -0.3 is 15.2 Å². The smallest absolute Gasteiger partial charge is 0.307 e. The molecule has 0 spiro atoms. The number of thiazole rings is 1. The fourth-order valence-corrected chi connectivity index (χ4v) is 3.40. The Morgan fingerprint density at radius 2 is 2.13 bits per heavy atom. The maximum absolute atomic E-state index is 11.9. The van der Waals surface area contributed by atoms with Crippen molar-refractivity contribution in [2.24, 2.45) is 0 Å². The van der Waals surface area contributed by atoms with Crippen LogP contribution in [0.5, 0.6) is 0 Å². The van der Waals surface area contributed by atoms with E-state index in [-0.39, 0.29) is 23.2 Å². The van der Waals surface area contributed by atoms with Gasteiger partial charge in [0.25, 0.3) is 0 Å². The quantitative estimate of drug-likeness (QED) is 0.863. The van der Waals surface area contributed by atoms with Crippen LogP contribution < -0.4 is 15.5 Å². The fraction of sp³-hybridized carbons (Fsp3) is 0.375. The molecule has 2 heterocycles. The van der Waals surface area contributed by atoms with Crippen molar-refractivity contribution in [3.8, 4) is 0 Å². The lowest BCUT2D eigenvalue weighted by Crippen LogP contribution is -2.26. The standard InChI is InChI=1S/C16H19N3O2S.ClH/c1-11-10-22-16(21)19(11)5-4-15(20)18-7-12-2-3-13-8-17-9-14(13)6-12;/h2-3,6,10,17H,4-5,7-9H2,1H3,(H,18,20);1H. The first kappa shape index (κ1) is 17.7. The summed E-state index contributed by atoms with van der Waals surface area (Å²) in [5, 5.41) is 8.05. The van der Waals surface area contributed by atoms with Crippen molar-refractivity contribution < 1.29 is 4.79 Å². The Bertz CT molecular complexity index is 754. The number of nitrogens with zero attached hydrogens (tertiary/aromatic N) is 1. The highest BCUT2D eigenvalue weighted by Crippen LogP contribution is 2.16. The maximum Gasteiger partial charge on any atom is 0.307 e. The molecule has 0 bridgehead atoms. The molecular weight excluding hydrogens is 334 g/mol. The van der Waals surface area contributed by atoms with Gasteiger partial charge in [0.15, 0.2) is 0 Å². The number of benzene rings is 1. The highest BCUT2D eigenvalue weighted by molar-refractivity contribution is 7.07. The van der Waals surface area contributed by atoms with Crippen molar-refractivity contribution in [2.45, 2.75) is 39.5 Å². The molecule has 2 aromatic rings. The first-order valence-electron chi connectivity index (χ1n) is 7.36. The molecule has 1 amide bonds. The van der Waals surface area contributed by atoms with E-state index < -0.39 is 0 Å². The molecule has 5 nitrogen and oxygen atoms in total. The van der Waals surface area contributed by atoms with Gasteiger partial charge in [-0.15, -0.1) is 12.4 Å². The summed E-state index contributed by atoms with van der Waals surface area (Å²) in [6.07, 6.45) is 0.323. The number of carbonyl (C=O) groups excluding carboxylic acids is 1. The van der Waals surface area contributed by atoms with Gasteiger partial charge in [0.05, 0.1) is 0 Å². The highest BCUT2D eigenvalue weighted by atomic mass is 35.5. The number of nitrogens with one attached hydrogen (secondary N) is 2. The number of hydrogen-bond acceptors (Lipinski definition) is 4. The Hall–Kier alpha value is -1.63. The number of halogens is 1. The van der Waals surface area contributed by atoms with Crippen molar-refractivity contribution in [2.75, 3.05) is 0 Å². The van der Waals surface area contributed by atoms with Crippen LogP contribution in [0, 0.1) is 6.92 Å². The molecule has 124 valence electrons. The molecule has 0 unspecified atom stereocenters. The second kappa shape index (κ2) is 7.77. The van der Waals surface area contributed by atoms with E-state index in [0.29, 0.717) is 19.5 Å². The van der Waals surface area contributed by atoms with E-state index in [1.54, 1.807) is 4.57 Å². The molecule has 0 atom stereocenters. The van der Waals surface area contributed by atoms with Crippen LogP contribution in [0.1, 0.15) is 28.8 Å². The largest absolute Gasteiger partial charge is 0.352 e. The number of aryl methyl sites for hydroxylation is 1. The predicted octanol–water partition coefficient (Wildman–Crippen LogP) is 1.95. The Kier molecular flexibility index (Phi) is 5.98. The second-order valence-electron chi connectivity index (χ2n) is 5.53. The summed E-state index contributed by atoms with van der Waals surface area (Å²) in [7, 11) is 0. The minimum absolute atomic E-state index is 0. The Morgan fingerprint density at radius 1 is 1.35 bits per heavy atom. The molecule has 0 saturated carbocycles. The zero-order valence-electron chi connectivity index (χ0n) is 12.9. The maximum atomic E-state index is 11.9. The lowest BCUT2D eigenvalue weighted by molar-refractivity contribution is -0.121. The Labute approximate surface area is 145 Å². The molecule has 0 saturated heterocycles. The molecule has 0 aliphatic carbocycles. The summed E-state index contributed by atoms with van der Waals surface area (Å²) < 4.78 is 1.64. The van der Waals surface area contributed by atoms with E-state index >= 15 is 0 Å². The van der Waals surface area contributed by atoms with Crippen LogP contribution in [0.3, 0.4) is 0 Å². The average Bonchev–Trinajstić information content (AvgIpc) is 3.10. The van der Waals surface area contributed by atoms with Gasteiger partial charge in [-0.1, -0.05) is 29.5 Å². The van der Waals surface area contributed by atoms with E-state index in [1.165, 1.54) is 22.5 Å². The van der Waals surface area contributed by atoms with Crippen LogP contribution in [0.25, 0.3) is 0 Å². The first-order valence-corrected chi connectivity index (χ1v) is 8.24. The lowest BCUT2D eigenvalue weighted by atomic mass is 10.1. The number of rotatable bonds is 5. The third kappa shape index (κ3) is 4.22. The normalized spacial score (nSPS) is 12.6. The SMILES string of the molecule is Cc1csc(=O)n1CCC(=O)NCc1ccc2c(c1)CNC2.Cl.